The summed E-state index contributed by atoms with van der Waals surface area (Å²) in [5.74, 6) is -0.984. The van der Waals surface area contributed by atoms with Gasteiger partial charge in [-0.15, -0.1) is 0 Å². The van der Waals surface area contributed by atoms with Crippen molar-refractivity contribution in [1.29, 1.82) is 0 Å². The lowest BCUT2D eigenvalue weighted by Gasteiger charge is -2.08. The van der Waals surface area contributed by atoms with E-state index in [4.69, 9.17) is 9.15 Å². The summed E-state index contributed by atoms with van der Waals surface area (Å²) in [6.45, 7) is 2.21. The number of amides is 2. The number of anilines is 1. The zero-order chi connectivity index (χ0) is 20.6. The third-order valence-electron chi connectivity index (χ3n) is 3.82. The molecule has 9 heteroatoms. The normalized spacial score (nSPS) is 10.4. The zero-order valence-electron chi connectivity index (χ0n) is 15.8. The van der Waals surface area contributed by atoms with Crippen molar-refractivity contribution >= 4 is 23.5 Å². The molecule has 29 heavy (non-hydrogen) atoms. The molecule has 2 aromatic heterocycles. The number of esters is 1. The zero-order valence-corrected chi connectivity index (χ0v) is 15.8. The Morgan fingerprint density at radius 3 is 2.79 bits per heavy atom. The molecule has 0 fully saturated rings. The highest BCUT2D eigenvalue weighted by atomic mass is 16.5. The Balaban J connectivity index is 1.50. The summed E-state index contributed by atoms with van der Waals surface area (Å²) >= 11 is 0. The fourth-order valence-electron chi connectivity index (χ4n) is 2.53. The first-order chi connectivity index (χ1) is 14.0. The summed E-state index contributed by atoms with van der Waals surface area (Å²) in [6, 6.07) is 11.4. The van der Waals surface area contributed by atoms with Crippen LogP contribution < -0.4 is 10.6 Å². The molecular formula is C20H20N4O5. The lowest BCUT2D eigenvalue weighted by atomic mass is 10.2. The molecule has 1 aromatic carbocycles. The lowest BCUT2D eigenvalue weighted by Crippen LogP contribution is -2.23. The van der Waals surface area contributed by atoms with Crippen molar-refractivity contribution in [3.8, 4) is 0 Å². The van der Waals surface area contributed by atoms with Gasteiger partial charge in [-0.05, 0) is 43.3 Å². The fraction of sp³-hybridized carbons (Fsp3) is 0.200. The summed E-state index contributed by atoms with van der Waals surface area (Å²) in [7, 11) is 0. The number of carbonyl (C=O) groups excluding carboxylic acids is 3. The van der Waals surface area contributed by atoms with Crippen LogP contribution in [-0.2, 0) is 16.1 Å². The molecule has 9 nitrogen and oxygen atoms in total. The number of hydrogen-bond donors (Lipinski definition) is 2. The second kappa shape index (κ2) is 9.36. The van der Waals surface area contributed by atoms with Crippen molar-refractivity contribution in [1.82, 2.24) is 15.1 Å². The highest BCUT2D eigenvalue weighted by Crippen LogP contribution is 2.12. The van der Waals surface area contributed by atoms with Gasteiger partial charge < -0.3 is 19.8 Å². The Morgan fingerprint density at radius 2 is 2.03 bits per heavy atom. The highest BCUT2D eigenvalue weighted by molar-refractivity contribution is 5.98. The van der Waals surface area contributed by atoms with Crippen molar-refractivity contribution in [2.24, 2.45) is 0 Å². The second-order valence-corrected chi connectivity index (χ2v) is 6.03. The van der Waals surface area contributed by atoms with E-state index in [9.17, 15) is 14.4 Å². The number of hydrogen-bond acceptors (Lipinski definition) is 6. The van der Waals surface area contributed by atoms with Crippen molar-refractivity contribution in [2.75, 3.05) is 18.5 Å². The number of nitrogens with one attached hydrogen (secondary N) is 2. The minimum Gasteiger partial charge on any atom is -0.452 e. The quantitative estimate of drug-likeness (QED) is 0.563. The van der Waals surface area contributed by atoms with E-state index in [1.165, 1.54) is 6.07 Å². The van der Waals surface area contributed by atoms with E-state index < -0.39 is 18.5 Å². The molecule has 0 radical (unpaired) electrons. The largest absolute Gasteiger partial charge is 0.452 e. The maximum Gasteiger partial charge on any atom is 0.374 e. The molecule has 0 aliphatic rings. The van der Waals surface area contributed by atoms with Gasteiger partial charge in [0.05, 0.1) is 6.54 Å². The summed E-state index contributed by atoms with van der Waals surface area (Å²) in [4.78, 5) is 35.9. The monoisotopic (exact) mass is 396 g/mol. The van der Waals surface area contributed by atoms with Gasteiger partial charge in [-0.25, -0.2) is 4.79 Å². The minimum absolute atomic E-state index is 0.00168. The molecular weight excluding hydrogens is 376 g/mol. The molecule has 2 amide bonds. The van der Waals surface area contributed by atoms with Crippen LogP contribution in [0, 0.1) is 0 Å². The Labute approximate surface area is 166 Å². The van der Waals surface area contributed by atoms with Crippen LogP contribution >= 0.6 is 0 Å². The molecule has 0 aliphatic carbocycles. The first kappa shape index (κ1) is 19.9. The molecule has 2 heterocycles. The molecule has 150 valence electrons. The van der Waals surface area contributed by atoms with Crippen molar-refractivity contribution in [3.05, 3.63) is 71.9 Å². The van der Waals surface area contributed by atoms with E-state index in [0.29, 0.717) is 30.1 Å². The van der Waals surface area contributed by atoms with E-state index in [0.717, 1.165) is 0 Å². The van der Waals surface area contributed by atoms with Crippen LogP contribution in [-0.4, -0.2) is 40.7 Å². The van der Waals surface area contributed by atoms with Crippen molar-refractivity contribution in [3.63, 3.8) is 0 Å². The van der Waals surface area contributed by atoms with E-state index in [1.54, 1.807) is 53.5 Å². The molecule has 3 rings (SSSR count). The summed E-state index contributed by atoms with van der Waals surface area (Å²) < 4.78 is 12.1. The molecule has 0 atom stereocenters. The van der Waals surface area contributed by atoms with E-state index in [-0.39, 0.29) is 11.7 Å². The van der Waals surface area contributed by atoms with E-state index in [2.05, 4.69) is 15.7 Å². The molecule has 0 saturated heterocycles. The highest BCUT2D eigenvalue weighted by Gasteiger charge is 2.15. The van der Waals surface area contributed by atoms with Crippen LogP contribution in [0.4, 0.5) is 5.69 Å². The van der Waals surface area contributed by atoms with Gasteiger partial charge >= 0.3 is 5.97 Å². The predicted molar refractivity (Wildman–Crippen MR) is 103 cm³/mol. The van der Waals surface area contributed by atoms with Gasteiger partial charge in [0.1, 0.15) is 5.76 Å². The molecule has 0 bridgehead atoms. The fourth-order valence-corrected chi connectivity index (χ4v) is 2.53. The number of carbonyl (C=O) groups is 3. The topological polar surface area (TPSA) is 115 Å². The van der Waals surface area contributed by atoms with Gasteiger partial charge in [0.15, 0.2) is 6.61 Å². The summed E-state index contributed by atoms with van der Waals surface area (Å²) in [5.41, 5.74) is 0.844. The number of furan rings is 1. The Hall–Kier alpha value is -3.88. The van der Waals surface area contributed by atoms with Crippen molar-refractivity contribution < 1.29 is 23.5 Å². The maximum atomic E-state index is 12.1. The standard InChI is InChI=1S/C20H20N4O5/c1-2-21-19(26)14-5-3-6-15(11-14)23-18(25)13-28-20(27)17-8-7-16(29-17)12-24-10-4-9-22-24/h3-11H,2,12-13H2,1H3,(H,21,26)(H,23,25). The van der Waals surface area contributed by atoms with Crippen LogP contribution in [0.15, 0.2) is 59.3 Å². The number of aromatic nitrogens is 2. The molecule has 0 saturated carbocycles. The average molecular weight is 396 g/mol. The van der Waals surface area contributed by atoms with Crippen LogP contribution in [0.25, 0.3) is 0 Å². The first-order valence-corrected chi connectivity index (χ1v) is 8.96. The smallest absolute Gasteiger partial charge is 0.374 e. The Kier molecular flexibility index (Phi) is 6.41. The van der Waals surface area contributed by atoms with Gasteiger partial charge in [-0.3, -0.25) is 14.3 Å². The summed E-state index contributed by atoms with van der Waals surface area (Å²) in [6.07, 6.45) is 3.41. The number of rotatable bonds is 8. The molecule has 0 spiro atoms. The number of nitrogens with zero attached hydrogens (tertiary/aromatic N) is 2. The van der Waals surface area contributed by atoms with E-state index >= 15 is 0 Å². The molecule has 0 unspecified atom stereocenters. The first-order valence-electron chi connectivity index (χ1n) is 8.96. The maximum absolute atomic E-state index is 12.1. The predicted octanol–water partition coefficient (Wildman–Crippen LogP) is 2.07. The van der Waals surface area contributed by atoms with Crippen LogP contribution in [0.3, 0.4) is 0 Å². The van der Waals surface area contributed by atoms with Gasteiger partial charge in [-0.1, -0.05) is 6.07 Å². The third kappa shape index (κ3) is 5.55. The van der Waals surface area contributed by atoms with Gasteiger partial charge in [0.2, 0.25) is 5.76 Å². The van der Waals surface area contributed by atoms with Crippen molar-refractivity contribution in [2.45, 2.75) is 13.5 Å². The van der Waals surface area contributed by atoms with Crippen LogP contribution in [0.5, 0.6) is 0 Å². The Bertz CT molecular complexity index is 994. The van der Waals surface area contributed by atoms with Gasteiger partial charge in [-0.2, -0.15) is 5.10 Å². The minimum atomic E-state index is -0.747. The van der Waals surface area contributed by atoms with E-state index in [1.807, 2.05) is 6.92 Å². The molecule has 2 N–H and O–H groups in total. The third-order valence-corrected chi connectivity index (χ3v) is 3.82. The second-order valence-electron chi connectivity index (χ2n) is 6.03. The van der Waals surface area contributed by atoms with Gasteiger partial charge in [0.25, 0.3) is 11.8 Å². The summed E-state index contributed by atoms with van der Waals surface area (Å²) in [5, 5.41) is 9.32. The van der Waals surface area contributed by atoms with Crippen LogP contribution in [0.1, 0.15) is 33.6 Å². The number of benzene rings is 1. The number of ether oxygens (including phenoxy) is 1. The lowest BCUT2D eigenvalue weighted by molar-refractivity contribution is -0.119. The SMILES string of the molecule is CCNC(=O)c1cccc(NC(=O)COC(=O)c2ccc(Cn3cccn3)o2)c1. The van der Waals surface area contributed by atoms with Gasteiger partial charge in [0, 0.05) is 30.2 Å². The molecule has 0 aliphatic heterocycles. The van der Waals surface area contributed by atoms with Crippen LogP contribution in [0.2, 0.25) is 0 Å². The molecule has 3 aromatic rings. The Morgan fingerprint density at radius 1 is 1.17 bits per heavy atom. The average Bonchev–Trinajstić information content (AvgIpc) is 3.39.